The lowest BCUT2D eigenvalue weighted by atomic mass is 10.3. The second-order valence-electron chi connectivity index (χ2n) is 4.25. The highest BCUT2D eigenvalue weighted by Crippen LogP contribution is 1.92. The van der Waals surface area contributed by atoms with Gasteiger partial charge in [-0.25, -0.2) is 0 Å². The Bertz CT molecular complexity index is 207. The molecule has 0 unspecified atom stereocenters. The SMILES string of the molecule is CC(=O)O.CC(=O)O.NCCCOCCCCOCCCN. The molecular formula is C14H32N2O6. The summed E-state index contributed by atoms with van der Waals surface area (Å²) in [5.74, 6) is -1.67. The van der Waals surface area contributed by atoms with E-state index in [1.54, 1.807) is 0 Å². The van der Waals surface area contributed by atoms with Gasteiger partial charge < -0.3 is 31.2 Å². The number of carbonyl (C=O) groups is 2. The van der Waals surface area contributed by atoms with Gasteiger partial charge in [0, 0.05) is 40.3 Å². The zero-order valence-electron chi connectivity index (χ0n) is 13.8. The van der Waals surface area contributed by atoms with Gasteiger partial charge in [0.05, 0.1) is 0 Å². The number of ether oxygens (including phenoxy) is 2. The predicted molar refractivity (Wildman–Crippen MR) is 84.8 cm³/mol. The van der Waals surface area contributed by atoms with Crippen LogP contribution in [0.3, 0.4) is 0 Å². The first-order valence-corrected chi connectivity index (χ1v) is 7.33. The van der Waals surface area contributed by atoms with Crippen LogP contribution in [0.2, 0.25) is 0 Å². The van der Waals surface area contributed by atoms with Gasteiger partial charge in [-0.05, 0) is 38.8 Å². The molecule has 0 heterocycles. The molecule has 22 heavy (non-hydrogen) atoms. The Hall–Kier alpha value is -1.22. The Kier molecular flexibility index (Phi) is 29.0. The molecule has 0 rings (SSSR count). The van der Waals surface area contributed by atoms with E-state index in [2.05, 4.69) is 0 Å². The number of nitrogens with two attached hydrogens (primary N) is 2. The number of hydrogen-bond acceptors (Lipinski definition) is 6. The first-order valence-electron chi connectivity index (χ1n) is 7.33. The average molecular weight is 324 g/mol. The van der Waals surface area contributed by atoms with E-state index in [-0.39, 0.29) is 0 Å². The molecule has 0 aliphatic rings. The molecule has 0 radical (unpaired) electrons. The van der Waals surface area contributed by atoms with Crippen LogP contribution in [0.4, 0.5) is 0 Å². The molecule has 0 aromatic heterocycles. The van der Waals surface area contributed by atoms with Crippen LogP contribution in [-0.4, -0.2) is 61.7 Å². The fourth-order valence-corrected chi connectivity index (χ4v) is 0.983. The quantitative estimate of drug-likeness (QED) is 0.406. The standard InChI is InChI=1S/C10H24N2O2.2C2H4O2/c11-5-3-9-13-7-1-2-8-14-10-4-6-12;2*1-2(3)4/h1-12H2;2*1H3,(H,3,4). The van der Waals surface area contributed by atoms with Crippen molar-refractivity contribution in [3.63, 3.8) is 0 Å². The molecule has 8 nitrogen and oxygen atoms in total. The van der Waals surface area contributed by atoms with Gasteiger partial charge in [0.2, 0.25) is 0 Å². The van der Waals surface area contributed by atoms with Crippen molar-refractivity contribution in [2.75, 3.05) is 39.5 Å². The maximum Gasteiger partial charge on any atom is 0.300 e. The van der Waals surface area contributed by atoms with Crippen molar-refractivity contribution >= 4 is 11.9 Å². The summed E-state index contributed by atoms with van der Waals surface area (Å²) in [5, 5.41) is 14.8. The molecule has 0 spiro atoms. The normalized spacial score (nSPS) is 9.09. The second kappa shape index (κ2) is 24.8. The van der Waals surface area contributed by atoms with Crippen LogP contribution in [0.5, 0.6) is 0 Å². The van der Waals surface area contributed by atoms with Crippen LogP contribution in [0.15, 0.2) is 0 Å². The monoisotopic (exact) mass is 324 g/mol. The van der Waals surface area contributed by atoms with Crippen molar-refractivity contribution in [2.24, 2.45) is 11.5 Å². The Morgan fingerprint density at radius 3 is 1.18 bits per heavy atom. The molecule has 0 amide bonds. The highest BCUT2D eigenvalue weighted by atomic mass is 16.5. The van der Waals surface area contributed by atoms with Gasteiger partial charge >= 0.3 is 0 Å². The van der Waals surface area contributed by atoms with Crippen molar-refractivity contribution in [3.8, 4) is 0 Å². The van der Waals surface area contributed by atoms with E-state index in [0.717, 1.165) is 66.0 Å². The van der Waals surface area contributed by atoms with E-state index < -0.39 is 11.9 Å². The molecule has 0 saturated carbocycles. The number of carboxylic acid groups (broad SMARTS) is 2. The molecule has 0 aromatic carbocycles. The molecule has 0 saturated heterocycles. The number of carboxylic acids is 2. The van der Waals surface area contributed by atoms with Crippen LogP contribution in [0.1, 0.15) is 39.5 Å². The lowest BCUT2D eigenvalue weighted by molar-refractivity contribution is -0.135. The largest absolute Gasteiger partial charge is 0.481 e. The number of aliphatic carboxylic acids is 2. The zero-order chi connectivity index (χ0) is 17.6. The predicted octanol–water partition coefficient (Wildman–Crippen LogP) is 0.679. The van der Waals surface area contributed by atoms with E-state index in [1.165, 1.54) is 0 Å². The smallest absolute Gasteiger partial charge is 0.300 e. The first-order chi connectivity index (χ1) is 10.4. The third kappa shape index (κ3) is 62.1. The van der Waals surface area contributed by atoms with Crippen molar-refractivity contribution in [1.29, 1.82) is 0 Å². The van der Waals surface area contributed by atoms with Gasteiger partial charge in [-0.15, -0.1) is 0 Å². The lowest BCUT2D eigenvalue weighted by Gasteiger charge is -2.04. The average Bonchev–Trinajstić information content (AvgIpc) is 2.40. The Labute approximate surface area is 132 Å². The summed E-state index contributed by atoms with van der Waals surface area (Å²) in [6.45, 7) is 6.79. The topological polar surface area (TPSA) is 145 Å². The molecule has 134 valence electrons. The van der Waals surface area contributed by atoms with Crippen LogP contribution < -0.4 is 11.5 Å². The molecule has 0 aromatic rings. The molecule has 0 aliphatic heterocycles. The van der Waals surface area contributed by atoms with Gasteiger partial charge in [-0.3, -0.25) is 9.59 Å². The van der Waals surface area contributed by atoms with Gasteiger partial charge in [0.15, 0.2) is 0 Å². The van der Waals surface area contributed by atoms with Crippen LogP contribution in [0, 0.1) is 0 Å². The first kappa shape index (κ1) is 25.7. The Balaban J connectivity index is -0.000000372. The minimum Gasteiger partial charge on any atom is -0.481 e. The van der Waals surface area contributed by atoms with Gasteiger partial charge in [0.1, 0.15) is 0 Å². The zero-order valence-corrected chi connectivity index (χ0v) is 13.8. The molecule has 8 heteroatoms. The molecule has 0 bridgehead atoms. The van der Waals surface area contributed by atoms with Gasteiger partial charge in [0.25, 0.3) is 11.9 Å². The molecule has 0 fully saturated rings. The Morgan fingerprint density at radius 2 is 0.955 bits per heavy atom. The second-order valence-corrected chi connectivity index (χ2v) is 4.25. The summed E-state index contributed by atoms with van der Waals surface area (Å²) in [4.78, 5) is 18.0. The maximum atomic E-state index is 9.00. The van der Waals surface area contributed by atoms with Gasteiger partial charge in [-0.1, -0.05) is 0 Å². The summed E-state index contributed by atoms with van der Waals surface area (Å²) in [6, 6.07) is 0. The highest BCUT2D eigenvalue weighted by Gasteiger charge is 1.90. The van der Waals surface area contributed by atoms with Crippen LogP contribution in [0.25, 0.3) is 0 Å². The number of hydrogen-bond donors (Lipinski definition) is 4. The van der Waals surface area contributed by atoms with Crippen LogP contribution in [-0.2, 0) is 19.1 Å². The maximum absolute atomic E-state index is 9.00. The van der Waals surface area contributed by atoms with Crippen molar-refractivity contribution in [1.82, 2.24) is 0 Å². The van der Waals surface area contributed by atoms with Crippen molar-refractivity contribution < 1.29 is 29.3 Å². The minimum atomic E-state index is -0.833. The van der Waals surface area contributed by atoms with E-state index >= 15 is 0 Å². The summed E-state index contributed by atoms with van der Waals surface area (Å²) < 4.78 is 10.7. The highest BCUT2D eigenvalue weighted by molar-refractivity contribution is 5.63. The summed E-state index contributed by atoms with van der Waals surface area (Å²) >= 11 is 0. The summed E-state index contributed by atoms with van der Waals surface area (Å²) in [6.07, 6.45) is 4.03. The fraction of sp³-hybridized carbons (Fsp3) is 0.857. The van der Waals surface area contributed by atoms with E-state index in [9.17, 15) is 0 Å². The molecular weight excluding hydrogens is 292 g/mol. The Morgan fingerprint density at radius 1 is 0.727 bits per heavy atom. The molecule has 0 aliphatic carbocycles. The van der Waals surface area contributed by atoms with Crippen molar-refractivity contribution in [3.05, 3.63) is 0 Å². The third-order valence-electron chi connectivity index (χ3n) is 1.81. The lowest BCUT2D eigenvalue weighted by Crippen LogP contribution is -2.07. The minimum absolute atomic E-state index is 0.711. The van der Waals surface area contributed by atoms with E-state index in [0.29, 0.717) is 13.1 Å². The number of unbranched alkanes of at least 4 members (excludes halogenated alkanes) is 1. The molecule has 0 atom stereocenters. The fourth-order valence-electron chi connectivity index (χ4n) is 0.983. The van der Waals surface area contributed by atoms with E-state index in [1.807, 2.05) is 0 Å². The van der Waals surface area contributed by atoms with Gasteiger partial charge in [-0.2, -0.15) is 0 Å². The molecule has 6 N–H and O–H groups in total. The number of rotatable bonds is 11. The third-order valence-corrected chi connectivity index (χ3v) is 1.81. The summed E-state index contributed by atoms with van der Waals surface area (Å²) in [7, 11) is 0. The van der Waals surface area contributed by atoms with Crippen LogP contribution >= 0.6 is 0 Å². The summed E-state index contributed by atoms with van der Waals surface area (Å²) in [5.41, 5.74) is 10.7. The van der Waals surface area contributed by atoms with Crippen molar-refractivity contribution in [2.45, 2.75) is 39.5 Å². The van der Waals surface area contributed by atoms with E-state index in [4.69, 9.17) is 40.7 Å².